The molecule has 4 heteroatoms. The van der Waals surface area contributed by atoms with Gasteiger partial charge in [0.15, 0.2) is 11.6 Å². The van der Waals surface area contributed by atoms with Gasteiger partial charge in [0.2, 0.25) is 5.82 Å². The maximum Gasteiger partial charge on any atom is 0.201 e. The summed E-state index contributed by atoms with van der Waals surface area (Å²) in [4.78, 5) is 0. The molecule has 1 saturated heterocycles. The van der Waals surface area contributed by atoms with Crippen LogP contribution in [0.15, 0.2) is 72.8 Å². The molecular weight excluding hydrogens is 490 g/mol. The van der Waals surface area contributed by atoms with Crippen molar-refractivity contribution in [1.82, 2.24) is 0 Å². The molecule has 39 heavy (non-hydrogen) atoms. The van der Waals surface area contributed by atoms with Crippen molar-refractivity contribution in [2.75, 3.05) is 13.2 Å². The van der Waals surface area contributed by atoms with Crippen LogP contribution in [0, 0.1) is 23.5 Å². The Bertz CT molecular complexity index is 1230. The number of hydrogen-bond acceptors (Lipinski definition) is 2. The lowest BCUT2D eigenvalue weighted by Gasteiger charge is -2.37. The smallest absolute Gasteiger partial charge is 0.201 e. The Morgan fingerprint density at radius 3 is 2.08 bits per heavy atom. The van der Waals surface area contributed by atoms with Crippen LogP contribution < -0.4 is 4.74 Å². The first-order valence-electron chi connectivity index (χ1n) is 14.6. The zero-order chi connectivity index (χ0) is 27.2. The Morgan fingerprint density at radius 2 is 1.46 bits per heavy atom. The lowest BCUT2D eigenvalue weighted by Crippen LogP contribution is -2.33. The minimum absolute atomic E-state index is 0.0408. The Morgan fingerprint density at radius 1 is 0.795 bits per heavy atom. The van der Waals surface area contributed by atoms with Crippen LogP contribution in [0.3, 0.4) is 0 Å². The maximum atomic E-state index is 14.7. The van der Waals surface area contributed by atoms with Gasteiger partial charge in [-0.1, -0.05) is 67.6 Å². The Balaban J connectivity index is 1.18. The number of rotatable bonds is 8. The minimum atomic E-state index is -0.935. The fraction of sp³-hybridized carbons (Fsp3) is 0.429. The van der Waals surface area contributed by atoms with Gasteiger partial charge >= 0.3 is 0 Å². The van der Waals surface area contributed by atoms with Crippen LogP contribution in [0.25, 0.3) is 22.3 Å². The highest BCUT2D eigenvalue weighted by Crippen LogP contribution is 2.39. The second-order valence-corrected chi connectivity index (χ2v) is 11.1. The maximum absolute atomic E-state index is 14.7. The van der Waals surface area contributed by atoms with E-state index in [1.807, 2.05) is 31.2 Å². The van der Waals surface area contributed by atoms with Crippen molar-refractivity contribution in [2.45, 2.75) is 70.8 Å². The van der Waals surface area contributed by atoms with Gasteiger partial charge in [-0.3, -0.25) is 0 Å². The fourth-order valence-corrected chi connectivity index (χ4v) is 6.26. The van der Waals surface area contributed by atoms with Crippen molar-refractivity contribution in [1.29, 1.82) is 0 Å². The van der Waals surface area contributed by atoms with Crippen LogP contribution in [0.2, 0.25) is 0 Å². The lowest BCUT2D eigenvalue weighted by molar-refractivity contribution is -0.0419. The summed E-state index contributed by atoms with van der Waals surface area (Å²) in [7, 11) is 0. The average molecular weight is 531 g/mol. The first kappa shape index (κ1) is 27.6. The summed E-state index contributed by atoms with van der Waals surface area (Å²) in [5, 5.41) is 0. The molecule has 5 rings (SSSR count). The molecule has 3 aromatic carbocycles. The van der Waals surface area contributed by atoms with Crippen LogP contribution in [0.1, 0.15) is 70.3 Å². The number of halogens is 2. The normalized spacial score (nSPS) is 23.7. The number of hydrogen-bond donors (Lipinski definition) is 0. The summed E-state index contributed by atoms with van der Waals surface area (Å²) >= 11 is 0. The predicted octanol–water partition coefficient (Wildman–Crippen LogP) is 9.73. The average Bonchev–Trinajstić information content (AvgIpc) is 2.99. The van der Waals surface area contributed by atoms with Crippen molar-refractivity contribution in [3.05, 3.63) is 90.0 Å². The second kappa shape index (κ2) is 12.9. The Labute approximate surface area is 232 Å². The first-order valence-corrected chi connectivity index (χ1v) is 14.6. The van der Waals surface area contributed by atoms with Crippen molar-refractivity contribution in [3.8, 4) is 28.0 Å². The molecule has 1 saturated carbocycles. The highest BCUT2D eigenvalue weighted by molar-refractivity contribution is 5.71. The van der Waals surface area contributed by atoms with E-state index in [4.69, 9.17) is 9.47 Å². The molecule has 1 aliphatic carbocycles. The van der Waals surface area contributed by atoms with Crippen LogP contribution in [-0.4, -0.2) is 19.3 Å². The monoisotopic (exact) mass is 530 g/mol. The van der Waals surface area contributed by atoms with Gasteiger partial charge in [-0.15, -0.1) is 0 Å². The van der Waals surface area contributed by atoms with E-state index >= 15 is 0 Å². The molecule has 2 fully saturated rings. The van der Waals surface area contributed by atoms with Crippen LogP contribution in [0.5, 0.6) is 5.75 Å². The zero-order valence-electron chi connectivity index (χ0n) is 23.2. The SMILES string of the molecule is CC=CC1CCC(C2CCC(c3ccc(-c4ccc(-c5ccc(OCCC)c(F)c5F)cc4)cc3)CO2)CC1. The fourth-order valence-electron chi connectivity index (χ4n) is 6.26. The van der Waals surface area contributed by atoms with E-state index in [1.54, 1.807) is 6.07 Å². The molecular formula is C35H40F2O2. The molecule has 0 amide bonds. The van der Waals surface area contributed by atoms with E-state index in [1.165, 1.54) is 43.7 Å². The van der Waals surface area contributed by atoms with E-state index in [0.717, 1.165) is 42.4 Å². The van der Waals surface area contributed by atoms with Gasteiger partial charge in [-0.2, -0.15) is 4.39 Å². The number of benzene rings is 3. The molecule has 2 nitrogen and oxygen atoms in total. The number of ether oxygens (including phenoxy) is 2. The zero-order valence-corrected chi connectivity index (χ0v) is 23.2. The second-order valence-electron chi connectivity index (χ2n) is 11.1. The molecule has 0 spiro atoms. The molecule has 2 aliphatic rings. The van der Waals surface area contributed by atoms with Crippen LogP contribution in [-0.2, 0) is 4.74 Å². The third-order valence-corrected chi connectivity index (χ3v) is 8.54. The molecule has 0 bridgehead atoms. The summed E-state index contributed by atoms with van der Waals surface area (Å²) in [6.45, 7) is 5.21. The molecule has 1 heterocycles. The minimum Gasteiger partial charge on any atom is -0.490 e. The standard InChI is InChI=1S/C35H40F2O2/c1-3-5-24-6-8-29(9-7-24)32-20-18-30(23-39-32)27-12-10-25(11-13-27)26-14-16-28(17-15-26)31-19-21-33(38-22-4-2)35(37)34(31)36/h3,5,10-17,19,21,24,29-30,32H,4,6-9,18,20,22-23H2,1-2H3. The van der Waals surface area contributed by atoms with Gasteiger partial charge < -0.3 is 9.47 Å². The predicted molar refractivity (Wildman–Crippen MR) is 155 cm³/mol. The molecule has 0 aromatic heterocycles. The summed E-state index contributed by atoms with van der Waals surface area (Å²) in [5.41, 5.74) is 4.35. The third-order valence-electron chi connectivity index (χ3n) is 8.54. The van der Waals surface area contributed by atoms with Crippen LogP contribution >= 0.6 is 0 Å². The van der Waals surface area contributed by atoms with Crippen molar-refractivity contribution in [3.63, 3.8) is 0 Å². The van der Waals surface area contributed by atoms with E-state index in [-0.39, 0.29) is 11.3 Å². The summed E-state index contributed by atoms with van der Waals surface area (Å²) in [6.07, 6.45) is 13.2. The lowest BCUT2D eigenvalue weighted by atomic mass is 9.76. The topological polar surface area (TPSA) is 18.5 Å². The van der Waals surface area contributed by atoms with E-state index < -0.39 is 11.6 Å². The van der Waals surface area contributed by atoms with Gasteiger partial charge in [0.1, 0.15) is 0 Å². The van der Waals surface area contributed by atoms with E-state index in [2.05, 4.69) is 43.3 Å². The highest BCUT2D eigenvalue weighted by Gasteiger charge is 2.31. The molecule has 206 valence electrons. The van der Waals surface area contributed by atoms with Gasteiger partial charge in [0, 0.05) is 11.5 Å². The quantitative estimate of drug-likeness (QED) is 0.270. The summed E-state index contributed by atoms with van der Waals surface area (Å²) in [5.74, 6) is 0.0722. The summed E-state index contributed by atoms with van der Waals surface area (Å²) < 4.78 is 40.9. The van der Waals surface area contributed by atoms with Gasteiger partial charge in [-0.25, -0.2) is 4.39 Å². The van der Waals surface area contributed by atoms with E-state index in [9.17, 15) is 8.78 Å². The largest absolute Gasteiger partial charge is 0.490 e. The molecule has 0 radical (unpaired) electrons. The molecule has 3 aromatic rings. The van der Waals surface area contributed by atoms with E-state index in [0.29, 0.717) is 24.2 Å². The molecule has 1 aliphatic heterocycles. The first-order chi connectivity index (χ1) is 19.1. The van der Waals surface area contributed by atoms with Crippen molar-refractivity contribution in [2.24, 2.45) is 11.8 Å². The molecule has 2 unspecified atom stereocenters. The Kier molecular flexibility index (Phi) is 9.13. The highest BCUT2D eigenvalue weighted by atomic mass is 19.2. The van der Waals surface area contributed by atoms with Crippen molar-refractivity contribution < 1.29 is 18.3 Å². The number of allylic oxidation sites excluding steroid dienone is 2. The van der Waals surface area contributed by atoms with Gasteiger partial charge in [0.05, 0.1) is 19.3 Å². The molecule has 0 N–H and O–H groups in total. The third kappa shape index (κ3) is 6.44. The van der Waals surface area contributed by atoms with Crippen molar-refractivity contribution >= 4 is 0 Å². The van der Waals surface area contributed by atoms with Gasteiger partial charge in [-0.05, 0) is 98.1 Å². The van der Waals surface area contributed by atoms with Crippen LogP contribution in [0.4, 0.5) is 8.78 Å². The summed E-state index contributed by atoms with van der Waals surface area (Å²) in [6, 6.07) is 19.4. The van der Waals surface area contributed by atoms with Gasteiger partial charge in [0.25, 0.3) is 0 Å². The Hall–Kier alpha value is -2.98. The molecule has 2 atom stereocenters.